The van der Waals surface area contributed by atoms with Crippen LogP contribution in [-0.4, -0.2) is 24.8 Å². The number of carbonyl (C=O) groups is 1. The molecule has 4 nitrogen and oxygen atoms in total. The van der Waals surface area contributed by atoms with E-state index in [1.54, 1.807) is 12.1 Å². The van der Waals surface area contributed by atoms with Crippen molar-refractivity contribution in [3.8, 4) is 0 Å². The predicted molar refractivity (Wildman–Crippen MR) is 52.0 cm³/mol. The van der Waals surface area contributed by atoms with Gasteiger partial charge in [-0.25, -0.2) is 0 Å². The summed E-state index contributed by atoms with van der Waals surface area (Å²) in [5, 5.41) is 2.40. The highest BCUT2D eigenvalue weighted by molar-refractivity contribution is 5.80. The monoisotopic (exact) mass is 251 g/mol. The van der Waals surface area contributed by atoms with Gasteiger partial charge in [0, 0.05) is 0 Å². The van der Waals surface area contributed by atoms with Gasteiger partial charge in [0.05, 0.1) is 12.8 Å². The average Bonchev–Trinajstić information content (AvgIpc) is 2.74. The number of rotatable bonds is 5. The summed E-state index contributed by atoms with van der Waals surface area (Å²) in [7, 11) is 0. The Hall–Kier alpha value is -1.50. The van der Waals surface area contributed by atoms with E-state index in [9.17, 15) is 18.0 Å². The van der Waals surface area contributed by atoms with Gasteiger partial charge in [-0.3, -0.25) is 4.79 Å². The molecule has 1 aromatic rings. The number of hydrogen-bond donors (Lipinski definition) is 1. The zero-order valence-corrected chi connectivity index (χ0v) is 9.08. The summed E-state index contributed by atoms with van der Waals surface area (Å²) in [6, 6.07) is 3.28. The molecule has 0 unspecified atom stereocenters. The fraction of sp³-hybridized carbons (Fsp3) is 0.500. The molecule has 1 atom stereocenters. The molecule has 0 fully saturated rings. The van der Waals surface area contributed by atoms with Gasteiger partial charge in [-0.15, -0.1) is 0 Å². The minimum Gasteiger partial charge on any atom is -0.467 e. The van der Waals surface area contributed by atoms with Crippen molar-refractivity contribution in [3.05, 3.63) is 24.2 Å². The highest BCUT2D eigenvalue weighted by atomic mass is 19.4. The van der Waals surface area contributed by atoms with Crippen molar-refractivity contribution in [2.45, 2.75) is 25.7 Å². The average molecular weight is 251 g/mol. The third kappa shape index (κ3) is 5.39. The lowest BCUT2D eigenvalue weighted by Crippen LogP contribution is -2.36. The Morgan fingerprint density at radius 2 is 2.29 bits per heavy atom. The molecule has 0 aliphatic carbocycles. The molecule has 0 saturated carbocycles. The number of ether oxygens (including phenoxy) is 1. The molecular formula is C10H12F3NO3. The number of furan rings is 1. The van der Waals surface area contributed by atoms with E-state index in [0.29, 0.717) is 5.76 Å². The highest BCUT2D eigenvalue weighted by Gasteiger charge is 2.29. The largest absolute Gasteiger partial charge is 0.467 e. The van der Waals surface area contributed by atoms with Crippen LogP contribution in [-0.2, 0) is 16.1 Å². The summed E-state index contributed by atoms with van der Waals surface area (Å²) in [5.41, 5.74) is 0. The van der Waals surface area contributed by atoms with E-state index < -0.39 is 24.8 Å². The van der Waals surface area contributed by atoms with Crippen molar-refractivity contribution in [1.29, 1.82) is 0 Å². The second-order valence-corrected chi connectivity index (χ2v) is 3.37. The molecule has 0 aliphatic rings. The Bertz CT molecular complexity index is 348. The number of hydrogen-bond acceptors (Lipinski definition) is 3. The molecule has 17 heavy (non-hydrogen) atoms. The molecule has 1 rings (SSSR count). The van der Waals surface area contributed by atoms with Gasteiger partial charge in [-0.05, 0) is 19.1 Å². The Balaban J connectivity index is 2.27. The Kier molecular flexibility index (Phi) is 4.56. The van der Waals surface area contributed by atoms with Gasteiger partial charge in [-0.2, -0.15) is 13.2 Å². The summed E-state index contributed by atoms with van der Waals surface area (Å²) in [6.07, 6.45) is -4.16. The van der Waals surface area contributed by atoms with Crippen LogP contribution in [0.15, 0.2) is 22.8 Å². The maximum Gasteiger partial charge on any atom is 0.411 e. The van der Waals surface area contributed by atoms with Crippen LogP contribution in [0.5, 0.6) is 0 Å². The topological polar surface area (TPSA) is 51.5 Å². The molecule has 0 saturated heterocycles. The van der Waals surface area contributed by atoms with E-state index >= 15 is 0 Å². The minimum absolute atomic E-state index is 0.117. The third-order valence-electron chi connectivity index (χ3n) is 1.88. The van der Waals surface area contributed by atoms with Crippen molar-refractivity contribution < 1.29 is 27.1 Å². The van der Waals surface area contributed by atoms with Crippen molar-refractivity contribution in [2.24, 2.45) is 0 Å². The predicted octanol–water partition coefficient (Wildman–Crippen LogP) is 1.86. The van der Waals surface area contributed by atoms with Gasteiger partial charge >= 0.3 is 6.18 Å². The Morgan fingerprint density at radius 1 is 1.59 bits per heavy atom. The van der Waals surface area contributed by atoms with E-state index in [1.807, 2.05) is 0 Å². The molecule has 0 bridgehead atoms. The molecule has 1 aromatic heterocycles. The van der Waals surface area contributed by atoms with Gasteiger partial charge in [0.1, 0.15) is 18.5 Å². The molecule has 0 radical (unpaired) electrons. The molecule has 7 heteroatoms. The summed E-state index contributed by atoms with van der Waals surface area (Å²) in [6.45, 7) is -0.0723. The Labute approximate surface area is 95.7 Å². The van der Waals surface area contributed by atoms with Crippen LogP contribution in [0, 0.1) is 0 Å². The fourth-order valence-corrected chi connectivity index (χ4v) is 1.03. The van der Waals surface area contributed by atoms with E-state index in [4.69, 9.17) is 4.42 Å². The van der Waals surface area contributed by atoms with Crippen LogP contribution in [0.1, 0.15) is 12.7 Å². The summed E-state index contributed by atoms with van der Waals surface area (Å²) < 4.78 is 44.8. The van der Waals surface area contributed by atoms with Crippen molar-refractivity contribution in [3.63, 3.8) is 0 Å². The normalized spacial score (nSPS) is 13.4. The number of alkyl halides is 3. The number of amides is 1. The standard InChI is InChI=1S/C10H12F3NO3/c1-7(17-6-10(11,12)13)9(15)14-5-8-3-2-4-16-8/h2-4,7H,5-6H2,1H3,(H,14,15)/t7-/m0/s1. The Morgan fingerprint density at radius 3 is 2.82 bits per heavy atom. The highest BCUT2D eigenvalue weighted by Crippen LogP contribution is 2.15. The molecular weight excluding hydrogens is 239 g/mol. The molecule has 1 amide bonds. The number of nitrogens with one attached hydrogen (secondary N) is 1. The van der Waals surface area contributed by atoms with E-state index in [-0.39, 0.29) is 6.54 Å². The quantitative estimate of drug-likeness (QED) is 0.869. The first-order chi connectivity index (χ1) is 7.88. The summed E-state index contributed by atoms with van der Waals surface area (Å²) in [5.74, 6) is -0.105. The molecule has 1 heterocycles. The molecule has 1 N–H and O–H groups in total. The van der Waals surface area contributed by atoms with Gasteiger partial charge in [0.25, 0.3) is 0 Å². The smallest absolute Gasteiger partial charge is 0.411 e. The van der Waals surface area contributed by atoms with Crippen LogP contribution in [0.25, 0.3) is 0 Å². The lowest BCUT2D eigenvalue weighted by molar-refractivity contribution is -0.185. The SMILES string of the molecule is C[C@H](OCC(F)(F)F)C(=O)NCc1ccco1. The van der Waals surface area contributed by atoms with E-state index in [0.717, 1.165) is 0 Å². The maximum atomic E-state index is 11.8. The lowest BCUT2D eigenvalue weighted by Gasteiger charge is -2.14. The maximum absolute atomic E-state index is 11.8. The number of carbonyl (C=O) groups excluding carboxylic acids is 1. The molecule has 0 aliphatic heterocycles. The first-order valence-electron chi connectivity index (χ1n) is 4.87. The number of halogens is 3. The van der Waals surface area contributed by atoms with Crippen LogP contribution in [0.2, 0.25) is 0 Å². The van der Waals surface area contributed by atoms with Gasteiger partial charge in [-0.1, -0.05) is 0 Å². The molecule has 0 aromatic carbocycles. The zero-order valence-electron chi connectivity index (χ0n) is 9.08. The van der Waals surface area contributed by atoms with Crippen molar-refractivity contribution in [1.82, 2.24) is 5.32 Å². The van der Waals surface area contributed by atoms with E-state index in [2.05, 4.69) is 10.1 Å². The van der Waals surface area contributed by atoms with Crippen LogP contribution in [0.3, 0.4) is 0 Å². The van der Waals surface area contributed by atoms with Gasteiger partial charge in [0.15, 0.2) is 0 Å². The van der Waals surface area contributed by atoms with Crippen LogP contribution >= 0.6 is 0 Å². The van der Waals surface area contributed by atoms with Crippen molar-refractivity contribution in [2.75, 3.05) is 6.61 Å². The van der Waals surface area contributed by atoms with E-state index in [1.165, 1.54) is 13.2 Å². The van der Waals surface area contributed by atoms with Gasteiger partial charge < -0.3 is 14.5 Å². The second-order valence-electron chi connectivity index (χ2n) is 3.37. The molecule has 96 valence electrons. The fourth-order valence-electron chi connectivity index (χ4n) is 1.03. The van der Waals surface area contributed by atoms with Gasteiger partial charge in [0.2, 0.25) is 5.91 Å². The lowest BCUT2D eigenvalue weighted by atomic mass is 10.3. The first kappa shape index (κ1) is 13.6. The van der Waals surface area contributed by atoms with Crippen LogP contribution < -0.4 is 5.32 Å². The van der Waals surface area contributed by atoms with Crippen LogP contribution in [0.4, 0.5) is 13.2 Å². The molecule has 0 spiro atoms. The minimum atomic E-state index is -4.43. The summed E-state index contributed by atoms with van der Waals surface area (Å²) in [4.78, 5) is 11.3. The summed E-state index contributed by atoms with van der Waals surface area (Å²) >= 11 is 0. The van der Waals surface area contributed by atoms with Crippen molar-refractivity contribution >= 4 is 5.91 Å². The second kappa shape index (κ2) is 5.72. The third-order valence-corrected chi connectivity index (χ3v) is 1.88. The zero-order chi connectivity index (χ0) is 12.9. The first-order valence-corrected chi connectivity index (χ1v) is 4.87.